The summed E-state index contributed by atoms with van der Waals surface area (Å²) in [6.07, 6.45) is 2.99. The number of carbonyl (C=O) groups is 5. The van der Waals surface area contributed by atoms with Crippen LogP contribution in [0.1, 0.15) is 68.1 Å². The molecule has 10 heteroatoms. The highest BCUT2D eigenvalue weighted by Gasteiger charge is 2.23. The van der Waals surface area contributed by atoms with Crippen LogP contribution in [0.3, 0.4) is 0 Å². The highest BCUT2D eigenvalue weighted by molar-refractivity contribution is 6.00. The molecule has 0 spiro atoms. The van der Waals surface area contributed by atoms with Gasteiger partial charge in [0.1, 0.15) is 6.54 Å². The fraction of sp³-hybridized carbons (Fsp3) is 0.423. The second kappa shape index (κ2) is 11.7. The molecule has 0 N–H and O–H groups in total. The van der Waals surface area contributed by atoms with Gasteiger partial charge in [-0.1, -0.05) is 6.42 Å². The molecule has 1 aromatic heterocycles. The van der Waals surface area contributed by atoms with Crippen LogP contribution in [-0.2, 0) is 23.8 Å². The average Bonchev–Trinajstić information content (AvgIpc) is 3.03. The molecule has 0 bridgehead atoms. The van der Waals surface area contributed by atoms with E-state index in [4.69, 9.17) is 14.2 Å². The van der Waals surface area contributed by atoms with E-state index >= 15 is 0 Å². The highest BCUT2D eigenvalue weighted by atomic mass is 16.5. The zero-order valence-electron chi connectivity index (χ0n) is 20.9. The molecule has 1 amide bonds. The first-order valence-electron chi connectivity index (χ1n) is 11.6. The number of likely N-dealkylation sites (tertiary alicyclic amines) is 1. The average molecular weight is 499 g/mol. The van der Waals surface area contributed by atoms with Crippen molar-refractivity contribution in [3.63, 3.8) is 0 Å². The van der Waals surface area contributed by atoms with Crippen molar-refractivity contribution in [2.75, 3.05) is 33.9 Å². The van der Waals surface area contributed by atoms with E-state index in [1.54, 1.807) is 36.6 Å². The Kier molecular flexibility index (Phi) is 8.63. The minimum absolute atomic E-state index is 0.0835. The summed E-state index contributed by atoms with van der Waals surface area (Å²) in [5.74, 6) is -2.39. The monoisotopic (exact) mass is 498 g/mol. The van der Waals surface area contributed by atoms with E-state index in [9.17, 15) is 24.0 Å². The lowest BCUT2D eigenvalue weighted by molar-refractivity contribution is -0.148. The van der Waals surface area contributed by atoms with Crippen molar-refractivity contribution in [3.05, 3.63) is 52.3 Å². The van der Waals surface area contributed by atoms with Gasteiger partial charge in [0.05, 0.1) is 25.3 Å². The molecule has 0 radical (unpaired) electrons. The quantitative estimate of drug-likeness (QED) is 0.309. The predicted molar refractivity (Wildman–Crippen MR) is 128 cm³/mol. The Balaban J connectivity index is 1.80. The molecule has 3 rings (SSSR count). The molecule has 2 aromatic rings. The number of carbonyl (C=O) groups excluding carboxylic acids is 5. The molecule has 1 aliphatic heterocycles. The Morgan fingerprint density at radius 3 is 2.14 bits per heavy atom. The Labute approximate surface area is 209 Å². The van der Waals surface area contributed by atoms with Crippen LogP contribution in [-0.4, -0.2) is 73.0 Å². The van der Waals surface area contributed by atoms with Crippen LogP contribution in [0.4, 0.5) is 0 Å². The van der Waals surface area contributed by atoms with Crippen LogP contribution in [0.25, 0.3) is 5.69 Å². The number of aryl methyl sites for hydroxylation is 1. The first-order valence-corrected chi connectivity index (χ1v) is 11.6. The molecule has 1 aliphatic rings. The number of benzene rings is 1. The summed E-state index contributed by atoms with van der Waals surface area (Å²) in [5, 5.41) is 0. The standard InChI is InChI=1S/C26H30N2O8/c1-16-10-21(22(29)15-36-24(31)14-27-9-7-5-6-8-23(27)30)17(2)28(16)20-12-18(25(32)34-3)11-19(13-20)26(33)35-4/h10-13H,5-9,14-15H2,1-4H3. The van der Waals surface area contributed by atoms with Crippen molar-refractivity contribution in [3.8, 4) is 5.69 Å². The Bertz CT molecular complexity index is 1160. The fourth-order valence-corrected chi connectivity index (χ4v) is 4.29. The third kappa shape index (κ3) is 5.99. The molecule has 1 aromatic carbocycles. The molecule has 0 atom stereocenters. The summed E-state index contributed by atoms with van der Waals surface area (Å²) in [4.78, 5) is 63.1. The number of Topliss-reactive ketones (excluding diaryl/α,β-unsaturated/α-hetero) is 1. The third-order valence-corrected chi connectivity index (χ3v) is 6.11. The van der Waals surface area contributed by atoms with Gasteiger partial charge in [0.2, 0.25) is 11.7 Å². The van der Waals surface area contributed by atoms with Crippen LogP contribution >= 0.6 is 0 Å². The number of methoxy groups -OCH3 is 2. The predicted octanol–water partition coefficient (Wildman–Crippen LogP) is 2.80. The molecule has 1 saturated heterocycles. The van der Waals surface area contributed by atoms with Gasteiger partial charge in [-0.25, -0.2) is 9.59 Å². The van der Waals surface area contributed by atoms with E-state index in [1.165, 1.54) is 25.2 Å². The summed E-state index contributed by atoms with van der Waals surface area (Å²) in [6.45, 7) is 3.33. The molecular weight excluding hydrogens is 468 g/mol. The van der Waals surface area contributed by atoms with Crippen molar-refractivity contribution >= 4 is 29.6 Å². The molecule has 36 heavy (non-hydrogen) atoms. The highest BCUT2D eigenvalue weighted by Crippen LogP contribution is 2.24. The summed E-state index contributed by atoms with van der Waals surface area (Å²) in [7, 11) is 2.47. The lowest BCUT2D eigenvalue weighted by Crippen LogP contribution is -2.36. The summed E-state index contributed by atoms with van der Waals surface area (Å²) in [5.41, 5.74) is 2.28. The van der Waals surface area contributed by atoms with Gasteiger partial charge in [0.15, 0.2) is 6.61 Å². The van der Waals surface area contributed by atoms with Crippen molar-refractivity contribution in [2.24, 2.45) is 0 Å². The van der Waals surface area contributed by atoms with Gasteiger partial charge < -0.3 is 23.7 Å². The number of hydrogen-bond acceptors (Lipinski definition) is 8. The minimum atomic E-state index is -0.638. The van der Waals surface area contributed by atoms with Gasteiger partial charge in [0, 0.05) is 35.6 Å². The van der Waals surface area contributed by atoms with Gasteiger partial charge >= 0.3 is 17.9 Å². The van der Waals surface area contributed by atoms with E-state index in [1.807, 2.05) is 0 Å². The number of nitrogens with zero attached hydrogens (tertiary/aromatic N) is 2. The van der Waals surface area contributed by atoms with E-state index < -0.39 is 30.3 Å². The second-order valence-electron chi connectivity index (χ2n) is 8.58. The lowest BCUT2D eigenvalue weighted by atomic mass is 10.1. The summed E-state index contributed by atoms with van der Waals surface area (Å²) >= 11 is 0. The van der Waals surface area contributed by atoms with Crippen molar-refractivity contribution in [1.82, 2.24) is 9.47 Å². The normalized spacial score (nSPS) is 13.7. The molecule has 10 nitrogen and oxygen atoms in total. The van der Waals surface area contributed by atoms with Crippen molar-refractivity contribution < 1.29 is 38.2 Å². The van der Waals surface area contributed by atoms with Crippen LogP contribution < -0.4 is 0 Å². The van der Waals surface area contributed by atoms with E-state index in [0.717, 1.165) is 19.3 Å². The van der Waals surface area contributed by atoms with Gasteiger partial charge in [-0.2, -0.15) is 0 Å². The number of aromatic nitrogens is 1. The van der Waals surface area contributed by atoms with Crippen LogP contribution in [0.2, 0.25) is 0 Å². The first-order chi connectivity index (χ1) is 17.2. The Hall–Kier alpha value is -3.95. The maximum Gasteiger partial charge on any atom is 0.337 e. The summed E-state index contributed by atoms with van der Waals surface area (Å²) in [6, 6.07) is 6.11. The molecule has 0 aliphatic carbocycles. The number of esters is 3. The number of ketones is 1. The molecule has 2 heterocycles. The van der Waals surface area contributed by atoms with Crippen LogP contribution in [0.5, 0.6) is 0 Å². The third-order valence-electron chi connectivity index (χ3n) is 6.11. The van der Waals surface area contributed by atoms with Gasteiger partial charge in [-0.15, -0.1) is 0 Å². The van der Waals surface area contributed by atoms with E-state index in [-0.39, 0.29) is 23.6 Å². The smallest absolute Gasteiger partial charge is 0.337 e. The van der Waals surface area contributed by atoms with Gasteiger partial charge in [-0.05, 0) is 51.0 Å². The SMILES string of the molecule is COC(=O)c1cc(C(=O)OC)cc(-n2c(C)cc(C(=O)COC(=O)CN3CCCCCC3=O)c2C)c1. The molecule has 1 fully saturated rings. The number of hydrogen-bond donors (Lipinski definition) is 0. The van der Waals surface area contributed by atoms with Crippen LogP contribution in [0, 0.1) is 13.8 Å². The topological polar surface area (TPSA) is 121 Å². The maximum atomic E-state index is 12.9. The molecule has 0 unspecified atom stereocenters. The van der Waals surface area contributed by atoms with Gasteiger partial charge in [-0.3, -0.25) is 14.4 Å². The zero-order chi connectivity index (χ0) is 26.4. The largest absolute Gasteiger partial charge is 0.465 e. The van der Waals surface area contributed by atoms with Gasteiger partial charge in [0.25, 0.3) is 0 Å². The maximum absolute atomic E-state index is 12.9. The summed E-state index contributed by atoms with van der Waals surface area (Å²) < 4.78 is 16.5. The number of ether oxygens (including phenoxy) is 3. The second-order valence-corrected chi connectivity index (χ2v) is 8.58. The van der Waals surface area contributed by atoms with Crippen molar-refractivity contribution in [1.29, 1.82) is 0 Å². The Morgan fingerprint density at radius 2 is 1.53 bits per heavy atom. The first kappa shape index (κ1) is 26.7. The number of rotatable bonds is 8. The molecule has 0 saturated carbocycles. The number of amides is 1. The van der Waals surface area contributed by atoms with E-state index in [2.05, 4.69) is 0 Å². The molecular formula is C26H30N2O8. The lowest BCUT2D eigenvalue weighted by Gasteiger charge is -2.19. The Morgan fingerprint density at radius 1 is 0.889 bits per heavy atom. The van der Waals surface area contributed by atoms with Crippen LogP contribution in [0.15, 0.2) is 24.3 Å². The minimum Gasteiger partial charge on any atom is -0.465 e. The van der Waals surface area contributed by atoms with E-state index in [0.29, 0.717) is 35.6 Å². The zero-order valence-corrected chi connectivity index (χ0v) is 20.9. The molecule has 192 valence electrons. The van der Waals surface area contributed by atoms with Crippen molar-refractivity contribution in [2.45, 2.75) is 39.5 Å². The fourth-order valence-electron chi connectivity index (χ4n) is 4.29.